The Morgan fingerprint density at radius 3 is 2.08 bits per heavy atom. The van der Waals surface area contributed by atoms with Gasteiger partial charge in [0.15, 0.2) is 23.1 Å². The summed E-state index contributed by atoms with van der Waals surface area (Å²) in [5.74, 6) is -1.38. The largest absolute Gasteiger partial charge is 0.494 e. The summed E-state index contributed by atoms with van der Waals surface area (Å²) in [7, 11) is 2.76. The van der Waals surface area contributed by atoms with E-state index in [0.717, 1.165) is 21.9 Å². The van der Waals surface area contributed by atoms with Crippen molar-refractivity contribution in [1.29, 1.82) is 0 Å². The molecule has 1 aliphatic heterocycles. The van der Waals surface area contributed by atoms with Gasteiger partial charge in [-0.2, -0.15) is 0 Å². The number of methoxy groups -OCH3 is 2. The van der Waals surface area contributed by atoms with Gasteiger partial charge in [0.1, 0.15) is 11.0 Å². The van der Waals surface area contributed by atoms with Gasteiger partial charge in [-0.05, 0) is 42.3 Å². The summed E-state index contributed by atoms with van der Waals surface area (Å²) in [5, 5.41) is 6.38. The first-order valence-corrected chi connectivity index (χ1v) is 13.2. The minimum atomic E-state index is -0.528. The maximum Gasteiger partial charge on any atom is 0.239 e. The number of hydrogen-bond acceptors (Lipinski definition) is 7. The molecule has 1 aliphatic rings. The number of rotatable bonds is 7. The van der Waals surface area contributed by atoms with Crippen LogP contribution in [0.15, 0.2) is 47.6 Å². The van der Waals surface area contributed by atoms with Gasteiger partial charge in [0, 0.05) is 29.9 Å². The van der Waals surface area contributed by atoms with Crippen LogP contribution in [0.25, 0.3) is 0 Å². The molecular formula is C26H24Cl2F2N4O4S. The molecule has 0 bridgehead atoms. The molecule has 3 aromatic rings. The molecule has 206 valence electrons. The number of amides is 2. The molecule has 1 aromatic heterocycles. The number of nitrogens with zero attached hydrogens (tertiary/aromatic N) is 2. The third-order valence-corrected chi connectivity index (χ3v) is 6.91. The number of aliphatic imine (C=N–C) groups is 1. The molecule has 39 heavy (non-hydrogen) atoms. The zero-order valence-electron chi connectivity index (χ0n) is 21.1. The van der Waals surface area contributed by atoms with E-state index >= 15 is 0 Å². The molecule has 0 saturated carbocycles. The van der Waals surface area contributed by atoms with E-state index in [-0.39, 0.29) is 34.9 Å². The van der Waals surface area contributed by atoms with E-state index in [1.807, 2.05) is 6.92 Å². The maximum atomic E-state index is 13.6. The lowest BCUT2D eigenvalue weighted by Crippen LogP contribution is -2.15. The van der Waals surface area contributed by atoms with Gasteiger partial charge in [0.05, 0.1) is 36.9 Å². The summed E-state index contributed by atoms with van der Waals surface area (Å²) in [4.78, 5) is 31.5. The Morgan fingerprint density at radius 2 is 1.56 bits per heavy atom. The van der Waals surface area contributed by atoms with Crippen LogP contribution in [-0.2, 0) is 16.0 Å². The molecule has 0 radical (unpaired) electrons. The number of pyridine rings is 1. The molecule has 2 N–H and O–H groups in total. The van der Waals surface area contributed by atoms with Gasteiger partial charge in [-0.3, -0.25) is 9.59 Å². The Bertz CT molecular complexity index is 1410. The standard InChI is InChI=1S/C17H15ClFN3O2S.C9H9ClFNO2/c1-9-11-6-16(22-13(11)7-20-17(9)18)25-8-15(23)21-10-3-4-14(24-2)12(19)5-10;1-14-8-3-2-6(4-7(8)11)12-9(13)5-10/h3-5,7H,6,8H2,1-2H3,(H,21,23);2-4H,5H2,1H3,(H,12,13). The zero-order valence-corrected chi connectivity index (χ0v) is 23.4. The highest BCUT2D eigenvalue weighted by Gasteiger charge is 2.20. The SMILES string of the molecule is COc1ccc(NC(=O)CCl)cc1F.COc1ccc(NC(=O)CSC2=Nc3cnc(Cl)c(C)c3C2)cc1F. The summed E-state index contributed by atoms with van der Waals surface area (Å²) >= 11 is 12.6. The highest BCUT2D eigenvalue weighted by Crippen LogP contribution is 2.34. The Hall–Kier alpha value is -3.41. The third kappa shape index (κ3) is 8.29. The molecule has 0 spiro atoms. The Balaban J connectivity index is 0.000000255. The smallest absolute Gasteiger partial charge is 0.239 e. The van der Waals surface area contributed by atoms with Crippen LogP contribution in [0.1, 0.15) is 11.1 Å². The van der Waals surface area contributed by atoms with Crippen molar-refractivity contribution in [3.63, 3.8) is 0 Å². The molecule has 0 unspecified atom stereocenters. The predicted molar refractivity (Wildman–Crippen MR) is 151 cm³/mol. The van der Waals surface area contributed by atoms with Crippen LogP contribution < -0.4 is 20.1 Å². The molecule has 0 fully saturated rings. The number of alkyl halides is 1. The maximum absolute atomic E-state index is 13.6. The normalized spacial score (nSPS) is 11.5. The third-order valence-electron chi connectivity index (χ3n) is 5.31. The van der Waals surface area contributed by atoms with Crippen molar-refractivity contribution in [2.24, 2.45) is 4.99 Å². The molecule has 0 saturated heterocycles. The molecule has 4 rings (SSSR count). The van der Waals surface area contributed by atoms with Crippen LogP contribution in [0, 0.1) is 18.6 Å². The molecular weight excluding hydrogens is 573 g/mol. The number of benzene rings is 2. The van der Waals surface area contributed by atoms with Crippen molar-refractivity contribution in [2.45, 2.75) is 13.3 Å². The Labute approximate surface area is 238 Å². The molecule has 2 heterocycles. The van der Waals surface area contributed by atoms with Crippen LogP contribution in [0.4, 0.5) is 25.8 Å². The lowest BCUT2D eigenvalue weighted by atomic mass is 10.1. The van der Waals surface area contributed by atoms with Crippen molar-refractivity contribution >= 4 is 68.9 Å². The van der Waals surface area contributed by atoms with E-state index in [1.165, 1.54) is 56.3 Å². The van der Waals surface area contributed by atoms with E-state index < -0.39 is 11.6 Å². The molecule has 2 aromatic carbocycles. The number of carbonyl (C=O) groups is 2. The van der Waals surface area contributed by atoms with Gasteiger partial charge in [0.25, 0.3) is 0 Å². The number of anilines is 2. The van der Waals surface area contributed by atoms with Gasteiger partial charge < -0.3 is 20.1 Å². The first-order valence-electron chi connectivity index (χ1n) is 11.3. The van der Waals surface area contributed by atoms with Crippen molar-refractivity contribution in [1.82, 2.24) is 4.98 Å². The van der Waals surface area contributed by atoms with E-state index in [2.05, 4.69) is 20.6 Å². The minimum Gasteiger partial charge on any atom is -0.494 e. The second kappa shape index (κ2) is 14.1. The van der Waals surface area contributed by atoms with Gasteiger partial charge in [-0.15, -0.1) is 23.4 Å². The zero-order chi connectivity index (χ0) is 28.5. The van der Waals surface area contributed by atoms with Crippen LogP contribution in [-0.4, -0.2) is 47.7 Å². The first-order chi connectivity index (χ1) is 18.6. The average Bonchev–Trinajstić information content (AvgIpc) is 3.34. The van der Waals surface area contributed by atoms with Gasteiger partial charge in [0.2, 0.25) is 11.8 Å². The topological polar surface area (TPSA) is 102 Å². The second-order valence-electron chi connectivity index (χ2n) is 7.94. The lowest BCUT2D eigenvalue weighted by molar-refractivity contribution is -0.114. The Kier molecular flexibility index (Phi) is 10.9. The second-order valence-corrected chi connectivity index (χ2v) is 9.61. The van der Waals surface area contributed by atoms with Crippen LogP contribution in [0.3, 0.4) is 0 Å². The molecule has 2 amide bonds. The number of ether oxygens (including phenoxy) is 2. The fraction of sp³-hybridized carbons (Fsp3) is 0.231. The number of nitrogens with one attached hydrogen (secondary N) is 2. The highest BCUT2D eigenvalue weighted by molar-refractivity contribution is 8.14. The fourth-order valence-electron chi connectivity index (χ4n) is 3.37. The fourth-order valence-corrected chi connectivity index (χ4v) is 4.37. The molecule has 8 nitrogen and oxygen atoms in total. The summed E-state index contributed by atoms with van der Waals surface area (Å²) in [5.41, 5.74) is 3.49. The number of fused-ring (bicyclic) bond motifs is 1. The van der Waals surface area contributed by atoms with E-state index in [9.17, 15) is 18.4 Å². The summed E-state index contributed by atoms with van der Waals surface area (Å²) < 4.78 is 36.3. The minimum absolute atomic E-state index is 0.132. The molecule has 0 aliphatic carbocycles. The summed E-state index contributed by atoms with van der Waals surface area (Å²) in [6, 6.07) is 8.41. The number of thioether (sulfide) groups is 1. The Morgan fingerprint density at radius 1 is 1.00 bits per heavy atom. The quantitative estimate of drug-likeness (QED) is 0.250. The van der Waals surface area contributed by atoms with Crippen LogP contribution in [0.2, 0.25) is 5.15 Å². The molecule has 0 atom stereocenters. The number of aromatic nitrogens is 1. The van der Waals surface area contributed by atoms with Crippen molar-refractivity contribution in [3.8, 4) is 11.5 Å². The number of halogens is 4. The number of hydrogen-bond donors (Lipinski definition) is 2. The van der Waals surface area contributed by atoms with Crippen LogP contribution >= 0.6 is 35.0 Å². The van der Waals surface area contributed by atoms with Crippen molar-refractivity contribution < 1.29 is 27.8 Å². The highest BCUT2D eigenvalue weighted by atomic mass is 35.5. The van der Waals surface area contributed by atoms with Gasteiger partial charge >= 0.3 is 0 Å². The summed E-state index contributed by atoms with van der Waals surface area (Å²) in [6.45, 7) is 1.90. The first kappa shape index (κ1) is 30.1. The summed E-state index contributed by atoms with van der Waals surface area (Å²) in [6.07, 6.45) is 2.27. The van der Waals surface area contributed by atoms with Crippen molar-refractivity contribution in [3.05, 3.63) is 70.5 Å². The monoisotopic (exact) mass is 596 g/mol. The number of carbonyl (C=O) groups excluding carboxylic acids is 2. The lowest BCUT2D eigenvalue weighted by Gasteiger charge is -2.07. The van der Waals surface area contributed by atoms with Crippen molar-refractivity contribution in [2.75, 3.05) is 36.5 Å². The molecule has 13 heteroatoms. The van der Waals surface area contributed by atoms with Gasteiger partial charge in [-0.25, -0.2) is 18.8 Å². The average molecular weight is 597 g/mol. The van der Waals surface area contributed by atoms with E-state index in [0.29, 0.717) is 22.9 Å². The van der Waals surface area contributed by atoms with Gasteiger partial charge in [-0.1, -0.05) is 11.6 Å². The van der Waals surface area contributed by atoms with E-state index in [4.69, 9.17) is 32.7 Å². The van der Waals surface area contributed by atoms with Crippen LogP contribution in [0.5, 0.6) is 11.5 Å². The predicted octanol–water partition coefficient (Wildman–Crippen LogP) is 6.16. The van der Waals surface area contributed by atoms with E-state index in [1.54, 1.807) is 12.3 Å².